The van der Waals surface area contributed by atoms with Crippen molar-refractivity contribution in [2.75, 3.05) is 20.1 Å². The van der Waals surface area contributed by atoms with E-state index in [-0.39, 0.29) is 42.0 Å². The van der Waals surface area contributed by atoms with Gasteiger partial charge in [0.25, 0.3) is 5.91 Å². The van der Waals surface area contributed by atoms with Crippen LogP contribution in [-0.4, -0.2) is 41.8 Å². The summed E-state index contributed by atoms with van der Waals surface area (Å²) in [5.41, 5.74) is 3.05. The summed E-state index contributed by atoms with van der Waals surface area (Å²) < 4.78 is 25.5. The lowest BCUT2D eigenvalue weighted by Gasteiger charge is -2.39. The molecule has 2 amide bonds. The van der Waals surface area contributed by atoms with Gasteiger partial charge in [-0.2, -0.15) is 0 Å². The summed E-state index contributed by atoms with van der Waals surface area (Å²) in [4.78, 5) is 29.5. The Bertz CT molecular complexity index is 1260. The van der Waals surface area contributed by atoms with Crippen LogP contribution >= 0.6 is 0 Å². The minimum absolute atomic E-state index is 0.0616. The Kier molecular flexibility index (Phi) is 7.31. The van der Waals surface area contributed by atoms with Crippen LogP contribution in [0.4, 0.5) is 4.39 Å². The van der Waals surface area contributed by atoms with Gasteiger partial charge in [0.2, 0.25) is 5.91 Å². The molecular formula is C30H33FN2O4. The second kappa shape index (κ2) is 10.8. The van der Waals surface area contributed by atoms with E-state index in [1.54, 1.807) is 36.2 Å². The van der Waals surface area contributed by atoms with Crippen LogP contribution in [0.2, 0.25) is 0 Å². The van der Waals surface area contributed by atoms with Gasteiger partial charge >= 0.3 is 0 Å². The maximum atomic E-state index is 13.8. The average molecular weight is 505 g/mol. The summed E-state index contributed by atoms with van der Waals surface area (Å²) in [5.74, 6) is 1.27. The van der Waals surface area contributed by atoms with Gasteiger partial charge < -0.3 is 19.0 Å². The topological polar surface area (TPSA) is 63.0 Å². The first-order valence-corrected chi connectivity index (χ1v) is 13.1. The number of ether oxygens (including phenoxy) is 1. The lowest BCUT2D eigenvalue weighted by atomic mass is 9.87. The Morgan fingerprint density at radius 2 is 1.84 bits per heavy atom. The van der Waals surface area contributed by atoms with Crippen LogP contribution in [-0.2, 0) is 17.8 Å². The Hall–Kier alpha value is -3.61. The number of fused-ring (bicyclic) bond motifs is 1. The molecule has 0 N–H and O–H groups in total. The third-order valence-corrected chi connectivity index (χ3v) is 7.59. The molecule has 2 aromatic carbocycles. The van der Waals surface area contributed by atoms with Crippen molar-refractivity contribution in [3.63, 3.8) is 0 Å². The van der Waals surface area contributed by atoms with Gasteiger partial charge in [-0.1, -0.05) is 31.0 Å². The number of rotatable bonds is 7. The van der Waals surface area contributed by atoms with E-state index >= 15 is 0 Å². The first kappa shape index (κ1) is 25.1. The van der Waals surface area contributed by atoms with E-state index < -0.39 is 0 Å². The molecule has 5 rings (SSSR count). The van der Waals surface area contributed by atoms with Crippen LogP contribution < -0.4 is 4.74 Å². The molecule has 0 saturated heterocycles. The first-order chi connectivity index (χ1) is 17.9. The average Bonchev–Trinajstić information content (AvgIpc) is 3.63. The van der Waals surface area contributed by atoms with E-state index in [2.05, 4.69) is 0 Å². The minimum Gasteiger partial charge on any atom is -0.486 e. The van der Waals surface area contributed by atoms with Crippen LogP contribution in [0.15, 0.2) is 59.0 Å². The number of hydrogen-bond donors (Lipinski definition) is 0. The fourth-order valence-electron chi connectivity index (χ4n) is 5.39. The van der Waals surface area contributed by atoms with Gasteiger partial charge in [0.05, 0.1) is 6.04 Å². The van der Waals surface area contributed by atoms with Crippen molar-refractivity contribution >= 4 is 11.8 Å². The number of halogens is 1. The lowest BCUT2D eigenvalue weighted by Crippen LogP contribution is -2.43. The molecular weight excluding hydrogens is 471 g/mol. The zero-order valence-electron chi connectivity index (χ0n) is 21.4. The van der Waals surface area contributed by atoms with Crippen molar-refractivity contribution < 1.29 is 23.1 Å². The van der Waals surface area contributed by atoms with Crippen LogP contribution in [0.25, 0.3) is 0 Å². The van der Waals surface area contributed by atoms with E-state index in [9.17, 15) is 14.0 Å². The van der Waals surface area contributed by atoms with Crippen molar-refractivity contribution in [2.45, 2.75) is 51.7 Å². The predicted octanol–water partition coefficient (Wildman–Crippen LogP) is 5.75. The molecule has 1 saturated carbocycles. The lowest BCUT2D eigenvalue weighted by molar-refractivity contribution is -0.137. The molecule has 1 aliphatic heterocycles. The maximum absolute atomic E-state index is 13.8. The summed E-state index contributed by atoms with van der Waals surface area (Å²) in [5, 5.41) is 0. The molecule has 1 aromatic heterocycles. The molecule has 0 radical (unpaired) electrons. The van der Waals surface area contributed by atoms with Gasteiger partial charge in [-0.15, -0.1) is 0 Å². The molecule has 2 heterocycles. The van der Waals surface area contributed by atoms with Crippen LogP contribution in [0.1, 0.15) is 71.7 Å². The normalized spacial score (nSPS) is 17.5. The molecule has 3 aromatic rings. The van der Waals surface area contributed by atoms with Gasteiger partial charge in [0.15, 0.2) is 5.76 Å². The Labute approximate surface area is 217 Å². The number of carbonyl (C=O) groups is 2. The molecule has 0 unspecified atom stereocenters. The quantitative estimate of drug-likeness (QED) is 0.411. The molecule has 194 valence electrons. The standard InChI is InChI=1S/C30H33FN2O4/c1-3-32(2)30(35)27-15-14-25(37-27)19-36-24-13-10-20-16-17-33(29(34)22-6-4-5-7-22)28(26(20)18-24)21-8-11-23(31)12-9-21/h8-15,18,22,28H,3-7,16-17,19H2,1-2H3/t28-/m1/s1. The third-order valence-electron chi connectivity index (χ3n) is 7.59. The zero-order chi connectivity index (χ0) is 25.9. The van der Waals surface area contributed by atoms with E-state index in [0.29, 0.717) is 24.6 Å². The van der Waals surface area contributed by atoms with Crippen LogP contribution in [0, 0.1) is 11.7 Å². The van der Waals surface area contributed by atoms with Crippen molar-refractivity contribution in [1.82, 2.24) is 9.80 Å². The van der Waals surface area contributed by atoms with Gasteiger partial charge in [0, 0.05) is 26.1 Å². The minimum atomic E-state index is -0.299. The molecule has 1 aliphatic carbocycles. The highest BCUT2D eigenvalue weighted by Crippen LogP contribution is 2.39. The van der Waals surface area contributed by atoms with Gasteiger partial charge in [-0.3, -0.25) is 9.59 Å². The summed E-state index contributed by atoms with van der Waals surface area (Å²) >= 11 is 0. The number of carbonyl (C=O) groups excluding carboxylic acids is 2. The van der Waals surface area contributed by atoms with E-state index in [1.165, 1.54) is 12.1 Å². The molecule has 7 heteroatoms. The van der Waals surface area contributed by atoms with Crippen molar-refractivity contribution in [1.29, 1.82) is 0 Å². The molecule has 37 heavy (non-hydrogen) atoms. The highest BCUT2D eigenvalue weighted by molar-refractivity contribution is 5.91. The molecule has 1 atom stereocenters. The highest BCUT2D eigenvalue weighted by Gasteiger charge is 2.36. The second-order valence-electron chi connectivity index (χ2n) is 9.95. The summed E-state index contributed by atoms with van der Waals surface area (Å²) in [6, 6.07) is 15.5. The summed E-state index contributed by atoms with van der Waals surface area (Å²) in [6.07, 6.45) is 4.82. The number of amides is 2. The number of hydrogen-bond acceptors (Lipinski definition) is 4. The smallest absolute Gasteiger partial charge is 0.289 e. The molecule has 1 fully saturated rings. The van der Waals surface area contributed by atoms with Gasteiger partial charge in [-0.25, -0.2) is 4.39 Å². The van der Waals surface area contributed by atoms with E-state index in [0.717, 1.165) is 48.8 Å². The molecule has 6 nitrogen and oxygen atoms in total. The van der Waals surface area contributed by atoms with Crippen molar-refractivity contribution in [3.8, 4) is 5.75 Å². The zero-order valence-corrected chi connectivity index (χ0v) is 21.4. The number of nitrogens with zero attached hydrogens (tertiary/aromatic N) is 2. The second-order valence-corrected chi connectivity index (χ2v) is 9.95. The molecule has 0 spiro atoms. The Morgan fingerprint density at radius 3 is 2.57 bits per heavy atom. The fraction of sp³-hybridized carbons (Fsp3) is 0.400. The summed E-state index contributed by atoms with van der Waals surface area (Å²) in [6.45, 7) is 3.31. The fourth-order valence-corrected chi connectivity index (χ4v) is 5.39. The van der Waals surface area contributed by atoms with Gasteiger partial charge in [-0.05, 0) is 79.3 Å². The summed E-state index contributed by atoms with van der Waals surface area (Å²) in [7, 11) is 1.73. The Balaban J connectivity index is 1.40. The first-order valence-electron chi connectivity index (χ1n) is 13.1. The van der Waals surface area contributed by atoms with E-state index in [1.807, 2.05) is 30.0 Å². The SMILES string of the molecule is CCN(C)C(=O)c1ccc(COc2ccc3c(c2)[C@@H](c2ccc(F)cc2)N(C(=O)C2CCCC2)CC3)o1. The maximum Gasteiger partial charge on any atom is 0.289 e. The van der Waals surface area contributed by atoms with E-state index in [4.69, 9.17) is 9.15 Å². The predicted molar refractivity (Wildman–Crippen MR) is 138 cm³/mol. The molecule has 2 aliphatic rings. The number of furan rings is 1. The highest BCUT2D eigenvalue weighted by atomic mass is 19.1. The largest absolute Gasteiger partial charge is 0.486 e. The molecule has 0 bridgehead atoms. The van der Waals surface area contributed by atoms with Gasteiger partial charge in [0.1, 0.15) is 23.9 Å². The van der Waals surface area contributed by atoms with Crippen molar-refractivity contribution in [2.24, 2.45) is 5.92 Å². The number of benzene rings is 2. The third kappa shape index (κ3) is 5.26. The van der Waals surface area contributed by atoms with Crippen LogP contribution in [0.5, 0.6) is 5.75 Å². The Morgan fingerprint density at radius 1 is 1.08 bits per heavy atom. The van der Waals surface area contributed by atoms with Crippen molar-refractivity contribution in [3.05, 3.63) is 88.6 Å². The monoisotopic (exact) mass is 504 g/mol. The van der Waals surface area contributed by atoms with Crippen LogP contribution in [0.3, 0.4) is 0 Å².